The van der Waals surface area contributed by atoms with Crippen LogP contribution in [0.2, 0.25) is 5.02 Å². The number of carbonyl (C=O) groups excluding carboxylic acids is 1. The Kier molecular flexibility index (Phi) is 5.72. The van der Waals surface area contributed by atoms with Crippen LogP contribution in [0.15, 0.2) is 42.5 Å². The Morgan fingerprint density at radius 1 is 1.20 bits per heavy atom. The number of carbonyl (C=O) groups is 1. The number of alkyl halides is 3. The number of rotatable bonds is 5. The zero-order chi connectivity index (χ0) is 18.4. The minimum absolute atomic E-state index is 0.156. The van der Waals surface area contributed by atoms with E-state index in [4.69, 9.17) is 16.9 Å². The smallest absolute Gasteiger partial charge is 0.406 e. The molecular weight excluding hydrogens is 359 g/mol. The van der Waals surface area contributed by atoms with Gasteiger partial charge in [0.1, 0.15) is 11.8 Å². The van der Waals surface area contributed by atoms with E-state index in [-0.39, 0.29) is 23.5 Å². The summed E-state index contributed by atoms with van der Waals surface area (Å²) < 4.78 is 40.0. The van der Waals surface area contributed by atoms with Crippen LogP contribution >= 0.6 is 11.6 Å². The first-order chi connectivity index (χ1) is 11.8. The van der Waals surface area contributed by atoms with Crippen LogP contribution in [-0.2, 0) is 4.79 Å². The molecule has 25 heavy (non-hydrogen) atoms. The Hall–Kier alpha value is -2.92. The molecule has 0 aliphatic heterocycles. The number of nitrogens with one attached hydrogen (secondary N) is 2. The number of hydrogen-bond acceptors (Lipinski definition) is 4. The van der Waals surface area contributed by atoms with Gasteiger partial charge < -0.3 is 15.4 Å². The van der Waals surface area contributed by atoms with Crippen molar-refractivity contribution in [1.82, 2.24) is 0 Å². The maximum absolute atomic E-state index is 12.1. The molecule has 9 heteroatoms. The van der Waals surface area contributed by atoms with Crippen molar-refractivity contribution < 1.29 is 22.7 Å². The van der Waals surface area contributed by atoms with Crippen LogP contribution in [0.25, 0.3) is 0 Å². The topological polar surface area (TPSA) is 74.2 Å². The maximum Gasteiger partial charge on any atom is 0.573 e. The molecule has 0 aromatic heterocycles. The van der Waals surface area contributed by atoms with Crippen LogP contribution in [0.3, 0.4) is 0 Å². The average Bonchev–Trinajstić information content (AvgIpc) is 2.53. The summed E-state index contributed by atoms with van der Waals surface area (Å²) in [6.07, 6.45) is -4.76. The third-order valence-electron chi connectivity index (χ3n) is 2.92. The molecule has 0 saturated carbocycles. The summed E-state index contributed by atoms with van der Waals surface area (Å²) in [5.41, 5.74) is 0.957. The SMILES string of the molecule is N#Cc1ccc(Cl)cc1NC(=O)CNc1ccc(OC(F)(F)F)cc1. The quantitative estimate of drug-likeness (QED) is 0.830. The second-order valence-electron chi connectivity index (χ2n) is 4.78. The third kappa shape index (κ3) is 5.90. The Morgan fingerprint density at radius 3 is 2.48 bits per heavy atom. The van der Waals surface area contributed by atoms with Gasteiger partial charge in [-0.1, -0.05) is 11.6 Å². The molecule has 0 radical (unpaired) electrons. The van der Waals surface area contributed by atoms with E-state index in [1.165, 1.54) is 30.3 Å². The van der Waals surface area contributed by atoms with Crippen molar-refractivity contribution in [2.75, 3.05) is 17.2 Å². The van der Waals surface area contributed by atoms with Gasteiger partial charge in [-0.2, -0.15) is 5.26 Å². The van der Waals surface area contributed by atoms with E-state index in [9.17, 15) is 18.0 Å². The van der Waals surface area contributed by atoms with Gasteiger partial charge in [-0.25, -0.2) is 0 Å². The summed E-state index contributed by atoms with van der Waals surface area (Å²) in [6.45, 7) is -0.156. The first-order valence-electron chi connectivity index (χ1n) is 6.86. The van der Waals surface area contributed by atoms with Crippen LogP contribution in [0.4, 0.5) is 24.5 Å². The maximum atomic E-state index is 12.1. The fraction of sp³-hybridized carbons (Fsp3) is 0.125. The number of benzene rings is 2. The second-order valence-corrected chi connectivity index (χ2v) is 5.21. The fourth-order valence-electron chi connectivity index (χ4n) is 1.87. The molecule has 2 N–H and O–H groups in total. The van der Waals surface area contributed by atoms with Crippen LogP contribution in [0.5, 0.6) is 5.75 Å². The highest BCUT2D eigenvalue weighted by Crippen LogP contribution is 2.24. The largest absolute Gasteiger partial charge is 0.573 e. The van der Waals surface area contributed by atoms with E-state index in [1.54, 1.807) is 0 Å². The van der Waals surface area contributed by atoms with Gasteiger partial charge in [0.05, 0.1) is 17.8 Å². The summed E-state index contributed by atoms with van der Waals surface area (Å²) in [5.74, 6) is -0.811. The third-order valence-corrected chi connectivity index (χ3v) is 3.15. The molecule has 130 valence electrons. The van der Waals surface area contributed by atoms with Crippen molar-refractivity contribution in [2.45, 2.75) is 6.36 Å². The summed E-state index contributed by atoms with van der Waals surface area (Å²) in [4.78, 5) is 11.9. The van der Waals surface area contributed by atoms with Crippen LogP contribution < -0.4 is 15.4 Å². The number of nitriles is 1. The van der Waals surface area contributed by atoms with Gasteiger partial charge in [-0.15, -0.1) is 13.2 Å². The Bertz CT molecular complexity index is 802. The van der Waals surface area contributed by atoms with Crippen molar-refractivity contribution in [3.63, 3.8) is 0 Å². The molecule has 5 nitrogen and oxygen atoms in total. The number of anilines is 2. The Labute approximate surface area is 146 Å². The predicted molar refractivity (Wildman–Crippen MR) is 86.4 cm³/mol. The van der Waals surface area contributed by atoms with Gasteiger partial charge >= 0.3 is 6.36 Å². The standard InChI is InChI=1S/C16H11ClF3N3O2/c17-11-2-1-10(8-21)14(7-11)23-15(24)9-22-12-3-5-13(6-4-12)25-16(18,19)20/h1-7,22H,9H2,(H,23,24). The van der Waals surface area contributed by atoms with Crippen molar-refractivity contribution >= 4 is 28.9 Å². The first kappa shape index (κ1) is 18.4. The van der Waals surface area contributed by atoms with E-state index in [0.717, 1.165) is 12.1 Å². The van der Waals surface area contributed by atoms with Gasteiger partial charge in [0.2, 0.25) is 5.91 Å². The van der Waals surface area contributed by atoms with Gasteiger partial charge in [-0.3, -0.25) is 4.79 Å². The monoisotopic (exact) mass is 369 g/mol. The lowest BCUT2D eigenvalue weighted by atomic mass is 10.2. The van der Waals surface area contributed by atoms with E-state index in [2.05, 4.69) is 15.4 Å². The molecule has 0 bridgehead atoms. The molecule has 0 atom stereocenters. The van der Waals surface area contributed by atoms with Gasteiger partial charge in [0, 0.05) is 10.7 Å². The Morgan fingerprint density at radius 2 is 1.88 bits per heavy atom. The molecule has 0 unspecified atom stereocenters. The molecule has 2 aromatic rings. The Balaban J connectivity index is 1.92. The van der Waals surface area contributed by atoms with Gasteiger partial charge in [0.25, 0.3) is 0 Å². The summed E-state index contributed by atoms with van der Waals surface area (Å²) >= 11 is 5.82. The highest BCUT2D eigenvalue weighted by molar-refractivity contribution is 6.31. The van der Waals surface area contributed by atoms with E-state index in [1.807, 2.05) is 6.07 Å². The van der Waals surface area contributed by atoms with Crippen molar-refractivity contribution in [3.05, 3.63) is 53.1 Å². The van der Waals surface area contributed by atoms with Gasteiger partial charge in [-0.05, 0) is 42.5 Å². The number of amides is 1. The zero-order valence-corrected chi connectivity index (χ0v) is 13.3. The number of ether oxygens (including phenoxy) is 1. The minimum atomic E-state index is -4.76. The molecule has 0 fully saturated rings. The van der Waals surface area contributed by atoms with E-state index in [0.29, 0.717) is 10.7 Å². The molecule has 0 heterocycles. The van der Waals surface area contributed by atoms with E-state index < -0.39 is 12.3 Å². The lowest BCUT2D eigenvalue weighted by Gasteiger charge is -2.11. The number of halogens is 4. The van der Waals surface area contributed by atoms with Gasteiger partial charge in [0.15, 0.2) is 0 Å². The van der Waals surface area contributed by atoms with Crippen LogP contribution in [0, 0.1) is 11.3 Å². The molecule has 1 amide bonds. The van der Waals surface area contributed by atoms with Crippen molar-refractivity contribution in [3.8, 4) is 11.8 Å². The molecule has 0 spiro atoms. The highest BCUT2D eigenvalue weighted by Gasteiger charge is 2.30. The molecule has 2 aromatic carbocycles. The zero-order valence-electron chi connectivity index (χ0n) is 12.5. The number of hydrogen-bond donors (Lipinski definition) is 2. The molecular formula is C16H11ClF3N3O2. The summed E-state index contributed by atoms with van der Waals surface area (Å²) in [6, 6.07) is 11.3. The fourth-order valence-corrected chi connectivity index (χ4v) is 2.04. The lowest BCUT2D eigenvalue weighted by Crippen LogP contribution is -2.22. The number of nitrogens with zero attached hydrogens (tertiary/aromatic N) is 1. The summed E-state index contributed by atoms with van der Waals surface area (Å²) in [5, 5.41) is 14.6. The molecule has 0 aliphatic carbocycles. The van der Waals surface area contributed by atoms with E-state index >= 15 is 0 Å². The molecule has 0 aliphatic rings. The summed E-state index contributed by atoms with van der Waals surface area (Å²) in [7, 11) is 0. The average molecular weight is 370 g/mol. The van der Waals surface area contributed by atoms with Crippen molar-refractivity contribution in [1.29, 1.82) is 5.26 Å². The normalized spacial score (nSPS) is 10.7. The van der Waals surface area contributed by atoms with Crippen LogP contribution in [0.1, 0.15) is 5.56 Å². The molecule has 2 rings (SSSR count). The van der Waals surface area contributed by atoms with Crippen molar-refractivity contribution in [2.24, 2.45) is 0 Å². The highest BCUT2D eigenvalue weighted by atomic mass is 35.5. The second kappa shape index (κ2) is 7.77. The predicted octanol–water partition coefficient (Wildman–Crippen LogP) is 4.16. The van der Waals surface area contributed by atoms with Crippen LogP contribution in [-0.4, -0.2) is 18.8 Å². The molecule has 0 saturated heterocycles. The first-order valence-corrected chi connectivity index (χ1v) is 7.24. The lowest BCUT2D eigenvalue weighted by molar-refractivity contribution is -0.274. The minimum Gasteiger partial charge on any atom is -0.406 e.